The molecule has 2 N–H and O–H groups in total. The first-order valence-corrected chi connectivity index (χ1v) is 11.4. The van der Waals surface area contributed by atoms with Gasteiger partial charge in [0, 0.05) is 32.8 Å². The molecule has 7 nitrogen and oxygen atoms in total. The molecule has 3 fully saturated rings. The Labute approximate surface area is 184 Å². The van der Waals surface area contributed by atoms with Gasteiger partial charge in [-0.05, 0) is 49.3 Å². The lowest BCUT2D eigenvalue weighted by Gasteiger charge is -2.39. The molecule has 1 saturated carbocycles. The summed E-state index contributed by atoms with van der Waals surface area (Å²) in [5.41, 5.74) is 0.189. The molecule has 1 aromatic rings. The predicted octanol–water partition coefficient (Wildman–Crippen LogP) is 1.85. The number of methoxy groups -OCH3 is 1. The van der Waals surface area contributed by atoms with Gasteiger partial charge >= 0.3 is 0 Å². The van der Waals surface area contributed by atoms with E-state index in [0.29, 0.717) is 25.7 Å². The van der Waals surface area contributed by atoms with Crippen LogP contribution in [-0.4, -0.2) is 68.3 Å². The molecule has 0 bridgehead atoms. The van der Waals surface area contributed by atoms with Gasteiger partial charge in [0.1, 0.15) is 11.8 Å². The highest BCUT2D eigenvalue weighted by Crippen LogP contribution is 2.48. The zero-order valence-corrected chi connectivity index (χ0v) is 18.9. The van der Waals surface area contributed by atoms with E-state index in [1.807, 2.05) is 24.3 Å². The Morgan fingerprint density at radius 2 is 1.90 bits per heavy atom. The Bertz CT molecular complexity index is 798. The van der Waals surface area contributed by atoms with Crippen molar-refractivity contribution >= 4 is 11.8 Å². The highest BCUT2D eigenvalue weighted by Gasteiger charge is 2.52. The van der Waals surface area contributed by atoms with Crippen LogP contribution in [-0.2, 0) is 19.7 Å². The molecule has 2 saturated heterocycles. The number of amides is 2. The van der Waals surface area contributed by atoms with Crippen LogP contribution in [0.2, 0.25) is 0 Å². The predicted molar refractivity (Wildman–Crippen MR) is 118 cm³/mol. The van der Waals surface area contributed by atoms with Crippen LogP contribution in [0, 0.1) is 5.92 Å². The molecule has 2 heterocycles. The Balaban J connectivity index is 1.50. The standard InChI is InChI=1S/C24H35N3O4/c1-17(2)14-27-15-20(21(28)26-23(16-27)10-12-31-13-11-23)25-22(29)24(8-9-24)18-4-6-19(30-3)7-5-18/h4-7,17,20H,8-16H2,1-3H3,(H,25,29)(H,26,28). The van der Waals surface area contributed by atoms with Crippen LogP contribution >= 0.6 is 0 Å². The summed E-state index contributed by atoms with van der Waals surface area (Å²) in [7, 11) is 1.63. The van der Waals surface area contributed by atoms with Gasteiger partial charge in [-0.2, -0.15) is 0 Å². The zero-order chi connectivity index (χ0) is 22.1. The molecule has 3 aliphatic rings. The number of rotatable bonds is 6. The minimum Gasteiger partial charge on any atom is -0.497 e. The van der Waals surface area contributed by atoms with Crippen LogP contribution in [0.3, 0.4) is 0 Å². The number of carbonyl (C=O) groups excluding carboxylic acids is 2. The van der Waals surface area contributed by atoms with Gasteiger partial charge in [0.2, 0.25) is 11.8 Å². The summed E-state index contributed by atoms with van der Waals surface area (Å²) in [5, 5.41) is 6.40. The maximum Gasteiger partial charge on any atom is 0.244 e. The number of nitrogens with one attached hydrogen (secondary N) is 2. The molecule has 1 aliphatic carbocycles. The van der Waals surface area contributed by atoms with E-state index in [0.717, 1.165) is 50.1 Å². The van der Waals surface area contributed by atoms with Gasteiger partial charge in [0.25, 0.3) is 0 Å². The largest absolute Gasteiger partial charge is 0.497 e. The molecule has 7 heteroatoms. The normalized spacial score (nSPS) is 25.0. The zero-order valence-electron chi connectivity index (χ0n) is 18.9. The number of carbonyl (C=O) groups is 2. The van der Waals surface area contributed by atoms with Crippen LogP contribution in [0.5, 0.6) is 5.75 Å². The summed E-state index contributed by atoms with van der Waals surface area (Å²) in [4.78, 5) is 28.9. The summed E-state index contributed by atoms with van der Waals surface area (Å²) in [6.07, 6.45) is 3.22. The number of benzene rings is 1. The van der Waals surface area contributed by atoms with Crippen molar-refractivity contribution in [2.45, 2.75) is 56.5 Å². The van der Waals surface area contributed by atoms with E-state index < -0.39 is 11.5 Å². The summed E-state index contributed by atoms with van der Waals surface area (Å²) in [6, 6.07) is 7.14. The SMILES string of the molecule is COc1ccc(C2(C(=O)NC3CN(CC(C)C)CC4(CCOCC4)NC3=O)CC2)cc1. The monoisotopic (exact) mass is 429 g/mol. The number of ether oxygens (including phenoxy) is 2. The third-order valence-corrected chi connectivity index (χ3v) is 6.88. The van der Waals surface area contributed by atoms with Gasteiger partial charge in [0.05, 0.1) is 18.1 Å². The van der Waals surface area contributed by atoms with Crippen molar-refractivity contribution in [2.24, 2.45) is 5.92 Å². The van der Waals surface area contributed by atoms with Crippen molar-refractivity contribution in [3.63, 3.8) is 0 Å². The molecule has 1 aromatic carbocycles. The Morgan fingerprint density at radius 1 is 1.23 bits per heavy atom. The first kappa shape index (κ1) is 22.1. The molecule has 0 radical (unpaired) electrons. The molecule has 2 aliphatic heterocycles. The third-order valence-electron chi connectivity index (χ3n) is 6.88. The van der Waals surface area contributed by atoms with E-state index >= 15 is 0 Å². The van der Waals surface area contributed by atoms with E-state index in [-0.39, 0.29) is 17.4 Å². The van der Waals surface area contributed by atoms with Crippen molar-refractivity contribution in [3.05, 3.63) is 29.8 Å². The molecule has 170 valence electrons. The lowest BCUT2D eigenvalue weighted by atomic mass is 9.89. The quantitative estimate of drug-likeness (QED) is 0.722. The topological polar surface area (TPSA) is 79.9 Å². The molecule has 0 aromatic heterocycles. The van der Waals surface area contributed by atoms with Gasteiger partial charge < -0.3 is 20.1 Å². The van der Waals surface area contributed by atoms with E-state index in [4.69, 9.17) is 9.47 Å². The maximum absolute atomic E-state index is 13.3. The third kappa shape index (κ3) is 4.72. The Kier molecular flexibility index (Phi) is 6.26. The fourth-order valence-electron chi connectivity index (χ4n) is 5.01. The van der Waals surface area contributed by atoms with E-state index in [9.17, 15) is 9.59 Å². The number of hydrogen-bond donors (Lipinski definition) is 2. The second-order valence-corrected chi connectivity index (χ2v) is 9.81. The van der Waals surface area contributed by atoms with Crippen LogP contribution in [0.25, 0.3) is 0 Å². The van der Waals surface area contributed by atoms with Crippen LogP contribution in [0.1, 0.15) is 45.1 Å². The van der Waals surface area contributed by atoms with Gasteiger partial charge in [-0.25, -0.2) is 0 Å². The molecule has 1 unspecified atom stereocenters. The van der Waals surface area contributed by atoms with Crippen LogP contribution in [0.4, 0.5) is 0 Å². The van der Waals surface area contributed by atoms with Crippen molar-refractivity contribution in [3.8, 4) is 5.75 Å². The first-order valence-electron chi connectivity index (χ1n) is 11.4. The summed E-state index contributed by atoms with van der Waals surface area (Å²) < 4.78 is 10.8. The Hall–Kier alpha value is -2.12. The highest BCUT2D eigenvalue weighted by atomic mass is 16.5. The lowest BCUT2D eigenvalue weighted by molar-refractivity contribution is -0.131. The smallest absolute Gasteiger partial charge is 0.244 e. The van der Waals surface area contributed by atoms with Gasteiger partial charge in [-0.1, -0.05) is 26.0 Å². The molecule has 2 amide bonds. The number of nitrogens with zero attached hydrogens (tertiary/aromatic N) is 1. The first-order chi connectivity index (χ1) is 14.9. The second kappa shape index (κ2) is 8.79. The molecule has 31 heavy (non-hydrogen) atoms. The van der Waals surface area contributed by atoms with Gasteiger partial charge in [-0.3, -0.25) is 14.5 Å². The number of hydrogen-bond acceptors (Lipinski definition) is 5. The minimum atomic E-state index is -0.552. The summed E-state index contributed by atoms with van der Waals surface area (Å²) in [6.45, 7) is 7.93. The maximum atomic E-state index is 13.3. The van der Waals surface area contributed by atoms with Crippen molar-refractivity contribution in [2.75, 3.05) is 40.0 Å². The van der Waals surface area contributed by atoms with Crippen molar-refractivity contribution in [1.82, 2.24) is 15.5 Å². The molecular formula is C24H35N3O4. The average molecular weight is 430 g/mol. The van der Waals surface area contributed by atoms with Gasteiger partial charge in [0.15, 0.2) is 0 Å². The summed E-state index contributed by atoms with van der Waals surface area (Å²) >= 11 is 0. The average Bonchev–Trinajstić information content (AvgIpc) is 3.56. The van der Waals surface area contributed by atoms with Gasteiger partial charge in [-0.15, -0.1) is 0 Å². The second-order valence-electron chi connectivity index (χ2n) is 9.81. The van der Waals surface area contributed by atoms with Crippen molar-refractivity contribution < 1.29 is 19.1 Å². The van der Waals surface area contributed by atoms with Crippen LogP contribution < -0.4 is 15.4 Å². The lowest BCUT2D eigenvalue weighted by Crippen LogP contribution is -2.58. The van der Waals surface area contributed by atoms with E-state index in [1.54, 1.807) is 7.11 Å². The van der Waals surface area contributed by atoms with E-state index in [1.165, 1.54) is 0 Å². The fraction of sp³-hybridized carbons (Fsp3) is 0.667. The molecule has 1 spiro atoms. The highest BCUT2D eigenvalue weighted by molar-refractivity contribution is 5.95. The molecule has 4 rings (SSSR count). The van der Waals surface area contributed by atoms with Crippen molar-refractivity contribution in [1.29, 1.82) is 0 Å². The fourth-order valence-corrected chi connectivity index (χ4v) is 5.01. The minimum absolute atomic E-state index is 0.0507. The van der Waals surface area contributed by atoms with Crippen LogP contribution in [0.15, 0.2) is 24.3 Å². The Morgan fingerprint density at radius 3 is 2.48 bits per heavy atom. The van der Waals surface area contributed by atoms with E-state index in [2.05, 4.69) is 29.4 Å². The summed E-state index contributed by atoms with van der Waals surface area (Å²) in [5.74, 6) is 1.13. The molecular weight excluding hydrogens is 394 g/mol. The molecule has 1 atom stereocenters.